The van der Waals surface area contributed by atoms with E-state index in [1.807, 2.05) is 6.33 Å². The van der Waals surface area contributed by atoms with Crippen LogP contribution in [0.25, 0.3) is 0 Å². The molecular weight excluding hydrogens is 234 g/mol. The van der Waals surface area contributed by atoms with Gasteiger partial charge in [-0.05, 0) is 19.4 Å². The molecule has 1 fully saturated rings. The van der Waals surface area contributed by atoms with Crippen LogP contribution in [0.5, 0.6) is 0 Å². The highest BCUT2D eigenvalue weighted by atomic mass is 15.1. The molecule has 0 spiro atoms. The van der Waals surface area contributed by atoms with Gasteiger partial charge < -0.3 is 9.88 Å². The minimum absolute atomic E-state index is 0.290. The van der Waals surface area contributed by atoms with Crippen molar-refractivity contribution < 1.29 is 0 Å². The molecule has 3 nitrogen and oxygen atoms in total. The number of unbranched alkanes of at least 4 members (excludes halogenated alkanes) is 5. The fourth-order valence-electron chi connectivity index (χ4n) is 3.10. The molecule has 0 aromatic carbocycles. The number of aryl methyl sites for hydroxylation is 1. The Kier molecular flexibility index (Phi) is 5.44. The van der Waals surface area contributed by atoms with Gasteiger partial charge in [0.25, 0.3) is 0 Å². The van der Waals surface area contributed by atoms with Gasteiger partial charge in [0.2, 0.25) is 0 Å². The lowest BCUT2D eigenvalue weighted by atomic mass is 9.86. The van der Waals surface area contributed by atoms with Crippen LogP contribution >= 0.6 is 0 Å². The summed E-state index contributed by atoms with van der Waals surface area (Å²) in [4.78, 5) is 4.38. The van der Waals surface area contributed by atoms with Crippen LogP contribution < -0.4 is 5.32 Å². The van der Waals surface area contributed by atoms with Crippen molar-refractivity contribution in [3.63, 3.8) is 0 Å². The molecule has 0 bridgehead atoms. The van der Waals surface area contributed by atoms with Crippen LogP contribution in [0.3, 0.4) is 0 Å². The molecule has 1 atom stereocenters. The van der Waals surface area contributed by atoms with E-state index >= 15 is 0 Å². The maximum atomic E-state index is 4.38. The van der Waals surface area contributed by atoms with E-state index in [2.05, 4.69) is 34.9 Å². The second-order valence-electron chi connectivity index (χ2n) is 6.23. The number of hydrogen-bond donors (Lipinski definition) is 1. The van der Waals surface area contributed by atoms with Crippen LogP contribution in [0.15, 0.2) is 12.5 Å². The molecule has 2 rings (SSSR count). The lowest BCUT2D eigenvalue weighted by molar-refractivity contribution is 0.459. The first-order valence-corrected chi connectivity index (χ1v) is 7.97. The predicted octanol–water partition coefficient (Wildman–Crippen LogP) is 3.49. The Hall–Kier alpha value is -0.830. The fourth-order valence-corrected chi connectivity index (χ4v) is 3.10. The van der Waals surface area contributed by atoms with Crippen LogP contribution in [0.4, 0.5) is 0 Å². The van der Waals surface area contributed by atoms with Gasteiger partial charge in [0.05, 0.1) is 6.33 Å². The van der Waals surface area contributed by atoms with E-state index < -0.39 is 0 Å². The van der Waals surface area contributed by atoms with Gasteiger partial charge in [-0.15, -0.1) is 0 Å². The van der Waals surface area contributed by atoms with E-state index in [1.165, 1.54) is 50.6 Å². The number of imidazole rings is 1. The third-order valence-corrected chi connectivity index (χ3v) is 4.45. The fraction of sp³-hybridized carbons (Fsp3) is 0.812. The summed E-state index contributed by atoms with van der Waals surface area (Å²) in [6, 6.07) is 0. The van der Waals surface area contributed by atoms with Gasteiger partial charge in [-0.2, -0.15) is 0 Å². The van der Waals surface area contributed by atoms with E-state index in [9.17, 15) is 0 Å². The zero-order valence-electron chi connectivity index (χ0n) is 12.6. The van der Waals surface area contributed by atoms with Crippen molar-refractivity contribution in [2.45, 2.75) is 70.8 Å². The molecule has 1 N–H and O–H groups in total. The first kappa shape index (κ1) is 14.6. The highest BCUT2D eigenvalue weighted by Crippen LogP contribution is 2.29. The SMILES string of the molecule is CCCCCCCCn1cncc1C1(C)CCNC1. The lowest BCUT2D eigenvalue weighted by Gasteiger charge is -2.24. The third kappa shape index (κ3) is 3.82. The summed E-state index contributed by atoms with van der Waals surface area (Å²) in [5.41, 5.74) is 1.71. The average Bonchev–Trinajstić information content (AvgIpc) is 3.03. The summed E-state index contributed by atoms with van der Waals surface area (Å²) in [6.45, 7) is 8.00. The second kappa shape index (κ2) is 7.09. The standard InChI is InChI=1S/C16H29N3/c1-3-4-5-6-7-8-11-19-14-18-12-15(19)16(2)9-10-17-13-16/h12,14,17H,3-11,13H2,1-2H3. The average molecular weight is 263 g/mol. The molecule has 1 aromatic heterocycles. The van der Waals surface area contributed by atoms with E-state index in [0.29, 0.717) is 5.41 Å². The molecule has 1 aliphatic heterocycles. The smallest absolute Gasteiger partial charge is 0.0948 e. The van der Waals surface area contributed by atoms with Gasteiger partial charge in [0.15, 0.2) is 0 Å². The Balaban J connectivity index is 1.79. The summed E-state index contributed by atoms with van der Waals surface area (Å²) in [5, 5.41) is 3.48. The maximum absolute atomic E-state index is 4.38. The summed E-state index contributed by atoms with van der Waals surface area (Å²) >= 11 is 0. The molecule has 3 heteroatoms. The molecule has 0 radical (unpaired) electrons. The van der Waals surface area contributed by atoms with Gasteiger partial charge >= 0.3 is 0 Å². The summed E-state index contributed by atoms with van der Waals surface area (Å²) in [5.74, 6) is 0. The quantitative estimate of drug-likeness (QED) is 0.728. The number of nitrogens with zero attached hydrogens (tertiary/aromatic N) is 2. The molecule has 19 heavy (non-hydrogen) atoms. The van der Waals surface area contributed by atoms with Gasteiger partial charge in [-0.25, -0.2) is 4.98 Å². The van der Waals surface area contributed by atoms with E-state index in [-0.39, 0.29) is 0 Å². The molecule has 1 aliphatic rings. The highest BCUT2D eigenvalue weighted by Gasteiger charge is 2.33. The molecule has 0 aliphatic carbocycles. The van der Waals surface area contributed by atoms with Crippen LogP contribution in [-0.2, 0) is 12.0 Å². The van der Waals surface area contributed by atoms with Crippen molar-refractivity contribution in [1.29, 1.82) is 0 Å². The summed E-state index contributed by atoms with van der Waals surface area (Å²) < 4.78 is 2.38. The van der Waals surface area contributed by atoms with Crippen LogP contribution in [0.1, 0.15) is 64.5 Å². The molecule has 1 unspecified atom stereocenters. The molecular formula is C16H29N3. The Morgan fingerprint density at radius 2 is 2.05 bits per heavy atom. The first-order chi connectivity index (χ1) is 9.26. The molecule has 0 saturated carbocycles. The normalized spacial score (nSPS) is 23.1. The Morgan fingerprint density at radius 1 is 1.26 bits per heavy atom. The predicted molar refractivity (Wildman–Crippen MR) is 80.4 cm³/mol. The largest absolute Gasteiger partial charge is 0.334 e. The zero-order chi connectivity index (χ0) is 13.6. The minimum Gasteiger partial charge on any atom is -0.334 e. The van der Waals surface area contributed by atoms with Gasteiger partial charge in [0, 0.05) is 30.4 Å². The van der Waals surface area contributed by atoms with Crippen LogP contribution in [0, 0.1) is 0 Å². The van der Waals surface area contributed by atoms with Crippen molar-refractivity contribution in [1.82, 2.24) is 14.9 Å². The molecule has 1 aromatic rings. The van der Waals surface area contributed by atoms with Crippen molar-refractivity contribution in [2.75, 3.05) is 13.1 Å². The van der Waals surface area contributed by atoms with E-state index in [0.717, 1.165) is 19.6 Å². The highest BCUT2D eigenvalue weighted by molar-refractivity contribution is 5.17. The van der Waals surface area contributed by atoms with Crippen molar-refractivity contribution in [3.8, 4) is 0 Å². The molecule has 0 amide bonds. The van der Waals surface area contributed by atoms with Crippen LogP contribution in [-0.4, -0.2) is 22.6 Å². The van der Waals surface area contributed by atoms with E-state index in [4.69, 9.17) is 0 Å². The number of nitrogens with one attached hydrogen (secondary N) is 1. The van der Waals surface area contributed by atoms with Gasteiger partial charge in [0.1, 0.15) is 0 Å². The minimum atomic E-state index is 0.290. The molecule has 108 valence electrons. The monoisotopic (exact) mass is 263 g/mol. The first-order valence-electron chi connectivity index (χ1n) is 7.97. The summed E-state index contributed by atoms with van der Waals surface area (Å²) in [6.07, 6.45) is 13.5. The topological polar surface area (TPSA) is 29.9 Å². The maximum Gasteiger partial charge on any atom is 0.0948 e. The number of hydrogen-bond acceptors (Lipinski definition) is 2. The lowest BCUT2D eigenvalue weighted by Crippen LogP contribution is -2.28. The zero-order valence-corrected chi connectivity index (χ0v) is 12.6. The number of aromatic nitrogens is 2. The summed E-state index contributed by atoms with van der Waals surface area (Å²) in [7, 11) is 0. The van der Waals surface area contributed by atoms with Gasteiger partial charge in [-0.3, -0.25) is 0 Å². The van der Waals surface area contributed by atoms with E-state index in [1.54, 1.807) is 0 Å². The van der Waals surface area contributed by atoms with Gasteiger partial charge in [-0.1, -0.05) is 46.0 Å². The Morgan fingerprint density at radius 3 is 2.79 bits per heavy atom. The number of rotatable bonds is 8. The van der Waals surface area contributed by atoms with Crippen LogP contribution in [0.2, 0.25) is 0 Å². The second-order valence-corrected chi connectivity index (χ2v) is 6.23. The van der Waals surface area contributed by atoms with Crippen molar-refractivity contribution in [2.24, 2.45) is 0 Å². The molecule has 1 saturated heterocycles. The van der Waals surface area contributed by atoms with Crippen molar-refractivity contribution in [3.05, 3.63) is 18.2 Å². The Bertz CT molecular complexity index is 364. The molecule has 2 heterocycles. The Labute approximate surface area is 117 Å². The van der Waals surface area contributed by atoms with Crippen molar-refractivity contribution >= 4 is 0 Å². The third-order valence-electron chi connectivity index (χ3n) is 4.45.